The summed E-state index contributed by atoms with van der Waals surface area (Å²) in [6, 6.07) is 4.23. The highest BCUT2D eigenvalue weighted by atomic mass is 127. The van der Waals surface area contributed by atoms with Crippen LogP contribution >= 0.6 is 22.6 Å². The number of nitro benzene ring substituents is 1. The Morgan fingerprint density at radius 2 is 1.79 bits per heavy atom. The van der Waals surface area contributed by atoms with Crippen LogP contribution in [0.15, 0.2) is 18.2 Å². The van der Waals surface area contributed by atoms with Crippen LogP contribution in [0.25, 0.3) is 0 Å². The molecular formula is C10H11IN4O4. The molecule has 1 aromatic carbocycles. The van der Waals surface area contributed by atoms with Gasteiger partial charge in [-0.05, 0) is 34.7 Å². The first-order chi connectivity index (χ1) is 8.81. The van der Waals surface area contributed by atoms with Gasteiger partial charge in [0.2, 0.25) is 11.8 Å². The fourth-order valence-electron chi connectivity index (χ4n) is 1.46. The van der Waals surface area contributed by atoms with Crippen molar-refractivity contribution in [3.63, 3.8) is 0 Å². The maximum Gasteiger partial charge on any atom is 0.282 e. The molecular weight excluding hydrogens is 367 g/mol. The average Bonchev–Trinajstić information content (AvgIpc) is 2.26. The number of rotatable bonds is 6. The number of carbonyl (C=O) groups is 2. The highest BCUT2D eigenvalue weighted by Crippen LogP contribution is 2.26. The maximum atomic E-state index is 10.9. The lowest BCUT2D eigenvalue weighted by atomic mass is 10.2. The molecule has 0 aromatic heterocycles. The molecule has 0 fully saturated rings. The highest BCUT2D eigenvalue weighted by molar-refractivity contribution is 14.1. The molecule has 1 aromatic rings. The number of nitrogens with zero attached hydrogens (tertiary/aromatic N) is 2. The molecule has 9 heteroatoms. The van der Waals surface area contributed by atoms with Crippen molar-refractivity contribution in [3.8, 4) is 0 Å². The summed E-state index contributed by atoms with van der Waals surface area (Å²) in [5, 5.41) is 10.7. The molecule has 102 valence electrons. The van der Waals surface area contributed by atoms with Gasteiger partial charge >= 0.3 is 0 Å². The van der Waals surface area contributed by atoms with Crippen LogP contribution in [0.1, 0.15) is 0 Å². The van der Waals surface area contributed by atoms with Crippen LogP contribution in [-0.2, 0) is 9.59 Å². The SMILES string of the molecule is NC(=O)CN(CC(N)=O)c1ccc([N+](=O)[O-])c(I)c1. The number of primary amides is 2. The first-order valence-corrected chi connectivity index (χ1v) is 6.14. The van der Waals surface area contributed by atoms with E-state index in [4.69, 9.17) is 11.5 Å². The topological polar surface area (TPSA) is 133 Å². The van der Waals surface area contributed by atoms with Gasteiger partial charge in [-0.25, -0.2) is 0 Å². The third-order valence-corrected chi connectivity index (χ3v) is 3.05. The van der Waals surface area contributed by atoms with Crippen LogP contribution < -0.4 is 16.4 Å². The van der Waals surface area contributed by atoms with Crippen LogP contribution in [0.4, 0.5) is 11.4 Å². The highest BCUT2D eigenvalue weighted by Gasteiger charge is 2.17. The van der Waals surface area contributed by atoms with Crippen molar-refractivity contribution in [1.29, 1.82) is 0 Å². The van der Waals surface area contributed by atoms with Crippen molar-refractivity contribution in [1.82, 2.24) is 0 Å². The van der Waals surface area contributed by atoms with Crippen LogP contribution in [0, 0.1) is 13.7 Å². The van der Waals surface area contributed by atoms with E-state index in [1.807, 2.05) is 0 Å². The molecule has 2 amide bonds. The van der Waals surface area contributed by atoms with Gasteiger partial charge < -0.3 is 16.4 Å². The molecule has 8 nitrogen and oxygen atoms in total. The third-order valence-electron chi connectivity index (χ3n) is 2.19. The number of amides is 2. The number of nitro groups is 1. The van der Waals surface area contributed by atoms with E-state index in [1.54, 1.807) is 22.6 Å². The Labute approximate surface area is 122 Å². The van der Waals surface area contributed by atoms with Gasteiger partial charge in [0.05, 0.1) is 21.6 Å². The average molecular weight is 378 g/mol. The second-order valence-electron chi connectivity index (χ2n) is 3.68. The Morgan fingerprint density at radius 1 is 1.26 bits per heavy atom. The Hall–Kier alpha value is -1.91. The van der Waals surface area contributed by atoms with E-state index >= 15 is 0 Å². The fourth-order valence-corrected chi connectivity index (χ4v) is 2.15. The minimum Gasteiger partial charge on any atom is -0.368 e. The number of carbonyl (C=O) groups excluding carboxylic acids is 2. The van der Waals surface area contributed by atoms with Crippen LogP contribution in [0.3, 0.4) is 0 Å². The summed E-state index contributed by atoms with van der Waals surface area (Å²) < 4.78 is 0.388. The molecule has 4 N–H and O–H groups in total. The number of benzene rings is 1. The van der Waals surface area contributed by atoms with Crippen LogP contribution in [0.5, 0.6) is 0 Å². The molecule has 19 heavy (non-hydrogen) atoms. The van der Waals surface area contributed by atoms with Gasteiger partial charge in [-0.2, -0.15) is 0 Å². The molecule has 0 radical (unpaired) electrons. The summed E-state index contributed by atoms with van der Waals surface area (Å²) in [5.41, 5.74) is 10.6. The molecule has 0 aliphatic rings. The van der Waals surface area contributed by atoms with Gasteiger partial charge in [0, 0.05) is 11.8 Å². The predicted octanol–water partition coefficient (Wildman–Crippen LogP) is -0.0236. The lowest BCUT2D eigenvalue weighted by Gasteiger charge is -2.21. The van der Waals surface area contributed by atoms with Gasteiger partial charge in [0.25, 0.3) is 5.69 Å². The van der Waals surface area contributed by atoms with E-state index in [2.05, 4.69) is 0 Å². The van der Waals surface area contributed by atoms with Crippen LogP contribution in [0.2, 0.25) is 0 Å². The van der Waals surface area contributed by atoms with E-state index < -0.39 is 16.7 Å². The smallest absolute Gasteiger partial charge is 0.282 e. The summed E-state index contributed by atoms with van der Waals surface area (Å²) in [5.74, 6) is -1.26. The molecule has 0 unspecified atom stereocenters. The monoisotopic (exact) mass is 378 g/mol. The lowest BCUT2D eigenvalue weighted by Crippen LogP contribution is -2.39. The molecule has 0 saturated heterocycles. The number of nitrogens with two attached hydrogens (primary N) is 2. The summed E-state index contributed by atoms with van der Waals surface area (Å²) in [6.45, 7) is -0.395. The molecule has 0 aliphatic carbocycles. The minimum absolute atomic E-state index is 0.0533. The van der Waals surface area contributed by atoms with Crippen molar-refractivity contribution in [2.75, 3.05) is 18.0 Å². The van der Waals surface area contributed by atoms with Gasteiger partial charge in [-0.3, -0.25) is 19.7 Å². The van der Waals surface area contributed by atoms with Crippen molar-refractivity contribution in [2.24, 2.45) is 11.5 Å². The summed E-state index contributed by atoms with van der Waals surface area (Å²) in [4.78, 5) is 33.4. The maximum absolute atomic E-state index is 10.9. The first kappa shape index (κ1) is 15.1. The standard InChI is InChI=1S/C10H11IN4O4/c11-7-3-6(1-2-8(7)15(18)19)14(4-9(12)16)5-10(13)17/h1-3H,4-5H2,(H2,12,16)(H2,13,17). The van der Waals surface area contributed by atoms with E-state index in [0.717, 1.165) is 0 Å². The van der Waals surface area contributed by atoms with Gasteiger partial charge in [-0.1, -0.05) is 0 Å². The Kier molecular flexibility index (Phi) is 5.03. The quantitative estimate of drug-likeness (QED) is 0.408. The number of halogens is 1. The number of hydrogen-bond acceptors (Lipinski definition) is 5. The summed E-state index contributed by atoms with van der Waals surface area (Å²) >= 11 is 1.80. The minimum atomic E-state index is -0.630. The second-order valence-corrected chi connectivity index (χ2v) is 4.84. The fraction of sp³-hybridized carbons (Fsp3) is 0.200. The zero-order valence-electron chi connectivity index (χ0n) is 9.71. The largest absolute Gasteiger partial charge is 0.368 e. The van der Waals surface area contributed by atoms with E-state index in [-0.39, 0.29) is 18.8 Å². The first-order valence-electron chi connectivity index (χ1n) is 5.06. The molecule has 0 spiro atoms. The Bertz CT molecular complexity index is 518. The van der Waals surface area contributed by atoms with E-state index in [1.165, 1.54) is 23.1 Å². The summed E-state index contributed by atoms with van der Waals surface area (Å²) in [6.07, 6.45) is 0. The third kappa shape index (κ3) is 4.35. The normalized spacial score (nSPS) is 9.95. The number of hydrogen-bond donors (Lipinski definition) is 2. The van der Waals surface area contributed by atoms with Gasteiger partial charge in [0.15, 0.2) is 0 Å². The zero-order valence-corrected chi connectivity index (χ0v) is 11.9. The summed E-state index contributed by atoms with van der Waals surface area (Å²) in [7, 11) is 0. The Morgan fingerprint density at radius 3 is 2.16 bits per heavy atom. The lowest BCUT2D eigenvalue weighted by molar-refractivity contribution is -0.385. The van der Waals surface area contributed by atoms with Crippen molar-refractivity contribution in [3.05, 3.63) is 31.9 Å². The van der Waals surface area contributed by atoms with E-state index in [0.29, 0.717) is 9.26 Å². The molecule has 0 heterocycles. The van der Waals surface area contributed by atoms with Crippen molar-refractivity contribution < 1.29 is 14.5 Å². The van der Waals surface area contributed by atoms with Crippen molar-refractivity contribution in [2.45, 2.75) is 0 Å². The molecule has 0 atom stereocenters. The number of anilines is 1. The molecule has 0 bridgehead atoms. The zero-order chi connectivity index (χ0) is 14.6. The second kappa shape index (κ2) is 6.31. The molecule has 0 saturated carbocycles. The molecule has 1 rings (SSSR count). The van der Waals surface area contributed by atoms with Gasteiger partial charge in [0.1, 0.15) is 0 Å². The van der Waals surface area contributed by atoms with E-state index in [9.17, 15) is 19.7 Å². The predicted molar refractivity (Wildman–Crippen MR) is 76.4 cm³/mol. The Balaban J connectivity index is 3.08. The van der Waals surface area contributed by atoms with Gasteiger partial charge in [-0.15, -0.1) is 0 Å². The molecule has 0 aliphatic heterocycles. The van der Waals surface area contributed by atoms with Crippen LogP contribution in [-0.4, -0.2) is 29.8 Å². The van der Waals surface area contributed by atoms with Crippen molar-refractivity contribution >= 4 is 45.8 Å².